The zero-order valence-electron chi connectivity index (χ0n) is 10.6. The van der Waals surface area contributed by atoms with E-state index in [1.807, 2.05) is 0 Å². The maximum atomic E-state index is 8.85. The van der Waals surface area contributed by atoms with Gasteiger partial charge in [-0.15, -0.1) is 0 Å². The molecule has 1 aliphatic heterocycles. The Morgan fingerprint density at radius 2 is 2.19 bits per heavy atom. The molecule has 1 saturated heterocycles. The molecule has 0 N–H and O–H groups in total. The minimum atomic E-state index is 0.379. The standard InChI is InChI=1S/C13H23N3/c1-15(2)10-12-4-3-9-16(12)11-13(5-6-13)7-8-14/h12H,3-7,9-11H2,1-2H3. The average Bonchev–Trinajstić information content (AvgIpc) is 2.82. The second-order valence-electron chi connectivity index (χ2n) is 5.86. The van der Waals surface area contributed by atoms with Gasteiger partial charge in [-0.25, -0.2) is 0 Å². The van der Waals surface area contributed by atoms with Crippen molar-refractivity contribution in [3.05, 3.63) is 0 Å². The molecule has 0 aromatic carbocycles. The van der Waals surface area contributed by atoms with Crippen LogP contribution in [0.3, 0.4) is 0 Å². The van der Waals surface area contributed by atoms with Crippen molar-refractivity contribution in [1.29, 1.82) is 5.26 Å². The monoisotopic (exact) mass is 221 g/mol. The Balaban J connectivity index is 1.86. The van der Waals surface area contributed by atoms with Crippen molar-refractivity contribution in [2.45, 2.75) is 38.1 Å². The lowest BCUT2D eigenvalue weighted by Gasteiger charge is -2.29. The first kappa shape index (κ1) is 11.9. The van der Waals surface area contributed by atoms with Gasteiger partial charge in [-0.2, -0.15) is 5.26 Å². The molecule has 1 heterocycles. The number of nitriles is 1. The van der Waals surface area contributed by atoms with Crippen LogP contribution in [0.5, 0.6) is 0 Å². The van der Waals surface area contributed by atoms with E-state index in [4.69, 9.17) is 5.26 Å². The summed E-state index contributed by atoms with van der Waals surface area (Å²) in [5.74, 6) is 0. The molecule has 1 aliphatic carbocycles. The summed E-state index contributed by atoms with van der Waals surface area (Å²) in [4.78, 5) is 4.91. The zero-order chi connectivity index (χ0) is 11.6. The van der Waals surface area contributed by atoms with Crippen LogP contribution in [0.1, 0.15) is 32.1 Å². The average molecular weight is 221 g/mol. The van der Waals surface area contributed by atoms with Gasteiger partial charge in [0.05, 0.1) is 6.07 Å². The molecule has 2 rings (SSSR count). The minimum Gasteiger partial charge on any atom is -0.308 e. The van der Waals surface area contributed by atoms with E-state index in [0.29, 0.717) is 5.41 Å². The molecule has 1 atom stereocenters. The second-order valence-corrected chi connectivity index (χ2v) is 5.86. The van der Waals surface area contributed by atoms with Gasteiger partial charge in [0.1, 0.15) is 0 Å². The van der Waals surface area contributed by atoms with Crippen LogP contribution in [-0.4, -0.2) is 49.6 Å². The predicted molar refractivity (Wildman–Crippen MR) is 65.0 cm³/mol. The molecule has 0 amide bonds. The van der Waals surface area contributed by atoms with E-state index >= 15 is 0 Å². The van der Waals surface area contributed by atoms with Crippen molar-refractivity contribution in [3.63, 3.8) is 0 Å². The van der Waals surface area contributed by atoms with Gasteiger partial charge in [0.2, 0.25) is 0 Å². The Morgan fingerprint density at radius 3 is 2.75 bits per heavy atom. The van der Waals surface area contributed by atoms with Crippen LogP contribution in [0, 0.1) is 16.7 Å². The van der Waals surface area contributed by atoms with E-state index in [-0.39, 0.29) is 0 Å². The van der Waals surface area contributed by atoms with Crippen LogP contribution in [-0.2, 0) is 0 Å². The molecule has 2 fully saturated rings. The quantitative estimate of drug-likeness (QED) is 0.708. The van der Waals surface area contributed by atoms with Gasteiger partial charge in [0.25, 0.3) is 0 Å². The Labute approximate surface area is 99.0 Å². The van der Waals surface area contributed by atoms with Crippen molar-refractivity contribution < 1.29 is 0 Å². The first-order valence-corrected chi connectivity index (χ1v) is 6.41. The Hall–Kier alpha value is -0.590. The number of rotatable bonds is 5. The van der Waals surface area contributed by atoms with Crippen LogP contribution in [0.2, 0.25) is 0 Å². The molecule has 3 nitrogen and oxygen atoms in total. The van der Waals surface area contributed by atoms with Crippen LogP contribution in [0.25, 0.3) is 0 Å². The van der Waals surface area contributed by atoms with Gasteiger partial charge in [0, 0.05) is 25.6 Å². The smallest absolute Gasteiger partial charge is 0.0628 e. The highest BCUT2D eigenvalue weighted by atomic mass is 15.2. The molecular weight excluding hydrogens is 198 g/mol. The number of hydrogen-bond acceptors (Lipinski definition) is 3. The van der Waals surface area contributed by atoms with Crippen molar-refractivity contribution >= 4 is 0 Å². The normalized spacial score (nSPS) is 28.2. The van der Waals surface area contributed by atoms with E-state index in [0.717, 1.165) is 12.5 Å². The number of hydrogen-bond donors (Lipinski definition) is 0. The topological polar surface area (TPSA) is 30.3 Å². The fourth-order valence-electron chi connectivity index (χ4n) is 2.90. The molecule has 0 aromatic heterocycles. The second kappa shape index (κ2) is 4.73. The van der Waals surface area contributed by atoms with Crippen molar-refractivity contribution in [2.75, 3.05) is 33.7 Å². The summed E-state index contributed by atoms with van der Waals surface area (Å²) < 4.78 is 0. The highest BCUT2D eigenvalue weighted by molar-refractivity contribution is 5.02. The van der Waals surface area contributed by atoms with Crippen molar-refractivity contribution in [1.82, 2.24) is 9.80 Å². The fourth-order valence-corrected chi connectivity index (χ4v) is 2.90. The van der Waals surface area contributed by atoms with Gasteiger partial charge in [0.15, 0.2) is 0 Å². The summed E-state index contributed by atoms with van der Waals surface area (Å²) in [6.45, 7) is 3.58. The first-order valence-electron chi connectivity index (χ1n) is 6.41. The van der Waals surface area contributed by atoms with Crippen LogP contribution >= 0.6 is 0 Å². The summed E-state index contributed by atoms with van der Waals surface area (Å²) in [5.41, 5.74) is 0.379. The summed E-state index contributed by atoms with van der Waals surface area (Å²) >= 11 is 0. The SMILES string of the molecule is CN(C)CC1CCCN1CC1(CC#N)CC1. The van der Waals surface area contributed by atoms with E-state index in [1.165, 1.54) is 45.3 Å². The third-order valence-electron chi connectivity index (χ3n) is 4.02. The summed E-state index contributed by atoms with van der Waals surface area (Å²) in [7, 11) is 4.30. The van der Waals surface area contributed by atoms with Crippen molar-refractivity contribution in [2.24, 2.45) is 5.41 Å². The van der Waals surface area contributed by atoms with Gasteiger partial charge in [-0.3, -0.25) is 4.90 Å². The van der Waals surface area contributed by atoms with E-state index < -0.39 is 0 Å². The van der Waals surface area contributed by atoms with E-state index in [9.17, 15) is 0 Å². The Kier molecular flexibility index (Phi) is 3.51. The van der Waals surface area contributed by atoms with Gasteiger partial charge < -0.3 is 4.90 Å². The molecule has 0 radical (unpaired) electrons. The zero-order valence-corrected chi connectivity index (χ0v) is 10.6. The number of likely N-dealkylation sites (N-methyl/N-ethyl adjacent to an activating group) is 1. The van der Waals surface area contributed by atoms with E-state index in [1.54, 1.807) is 0 Å². The van der Waals surface area contributed by atoms with Gasteiger partial charge in [-0.1, -0.05) is 0 Å². The molecule has 2 aliphatic rings. The van der Waals surface area contributed by atoms with Crippen molar-refractivity contribution in [3.8, 4) is 6.07 Å². The van der Waals surface area contributed by atoms with E-state index in [2.05, 4.69) is 30.0 Å². The highest BCUT2D eigenvalue weighted by Crippen LogP contribution is 2.49. The third kappa shape index (κ3) is 2.75. The van der Waals surface area contributed by atoms with Crippen LogP contribution < -0.4 is 0 Å². The number of nitrogens with zero attached hydrogens (tertiary/aromatic N) is 3. The fraction of sp³-hybridized carbons (Fsp3) is 0.923. The maximum absolute atomic E-state index is 8.85. The van der Waals surface area contributed by atoms with Gasteiger partial charge in [-0.05, 0) is 51.7 Å². The molecule has 0 spiro atoms. The largest absolute Gasteiger partial charge is 0.308 e. The molecule has 0 aromatic rings. The summed E-state index contributed by atoms with van der Waals surface area (Å²) in [6, 6.07) is 3.09. The Morgan fingerprint density at radius 1 is 1.44 bits per heavy atom. The molecule has 1 saturated carbocycles. The maximum Gasteiger partial charge on any atom is 0.0628 e. The molecule has 3 heteroatoms. The first-order chi connectivity index (χ1) is 7.65. The molecule has 1 unspecified atom stereocenters. The molecular formula is C13H23N3. The lowest BCUT2D eigenvalue weighted by Crippen LogP contribution is -2.40. The minimum absolute atomic E-state index is 0.379. The molecule has 0 bridgehead atoms. The molecule has 16 heavy (non-hydrogen) atoms. The van der Waals surface area contributed by atoms with Crippen LogP contribution in [0.15, 0.2) is 0 Å². The van der Waals surface area contributed by atoms with Gasteiger partial charge >= 0.3 is 0 Å². The highest BCUT2D eigenvalue weighted by Gasteiger charge is 2.45. The summed E-state index contributed by atoms with van der Waals surface area (Å²) in [6.07, 6.45) is 5.97. The van der Waals surface area contributed by atoms with Crippen LogP contribution in [0.4, 0.5) is 0 Å². The lowest BCUT2D eigenvalue weighted by molar-refractivity contribution is 0.174. The Bertz CT molecular complexity index is 275. The lowest BCUT2D eigenvalue weighted by atomic mass is 10.0. The summed E-state index contributed by atoms with van der Waals surface area (Å²) in [5, 5.41) is 8.85. The third-order valence-corrected chi connectivity index (χ3v) is 4.02. The molecule has 90 valence electrons. The predicted octanol–water partition coefficient (Wildman–Crippen LogP) is 1.71. The number of likely N-dealkylation sites (tertiary alicyclic amines) is 1.